The maximum atomic E-state index is 11.9. The maximum Gasteiger partial charge on any atom is 0.254 e. The second kappa shape index (κ2) is 5.05. The number of hydrogen-bond donors (Lipinski definition) is 1. The molecule has 0 spiro atoms. The maximum absolute atomic E-state index is 11.9. The molecule has 2 aliphatic heterocycles. The lowest BCUT2D eigenvalue weighted by Gasteiger charge is -2.25. The van der Waals surface area contributed by atoms with Crippen molar-refractivity contribution in [3.05, 3.63) is 23.9 Å². The van der Waals surface area contributed by atoms with Gasteiger partial charge in [-0.15, -0.1) is 0 Å². The number of carbonyl (C=O) groups excluding carboxylic acids is 1. The second-order valence-electron chi connectivity index (χ2n) is 6.08. The van der Waals surface area contributed by atoms with Crippen LogP contribution >= 0.6 is 0 Å². The van der Waals surface area contributed by atoms with Crippen molar-refractivity contribution in [2.75, 3.05) is 38.6 Å². The Morgan fingerprint density at radius 2 is 2.20 bits per heavy atom. The van der Waals surface area contributed by atoms with E-state index in [0.29, 0.717) is 11.6 Å². The quantitative estimate of drug-likeness (QED) is 0.868. The Balaban J connectivity index is 1.77. The van der Waals surface area contributed by atoms with Crippen molar-refractivity contribution in [2.45, 2.75) is 13.0 Å². The summed E-state index contributed by atoms with van der Waals surface area (Å²) in [5.41, 5.74) is 0.646. The number of fused-ring (bicyclic) bond motifs is 1. The van der Waals surface area contributed by atoms with Gasteiger partial charge >= 0.3 is 0 Å². The largest absolute Gasteiger partial charge is 0.353 e. The molecule has 108 valence electrons. The molecule has 1 amide bonds. The first-order valence-electron chi connectivity index (χ1n) is 7.23. The van der Waals surface area contributed by atoms with E-state index >= 15 is 0 Å². The number of nitrogens with zero attached hydrogens (tertiary/aromatic N) is 3. The van der Waals surface area contributed by atoms with E-state index in [1.807, 2.05) is 12.1 Å². The molecule has 2 saturated heterocycles. The first-order valence-corrected chi connectivity index (χ1v) is 7.23. The fraction of sp³-hybridized carbons (Fsp3) is 0.600. The third kappa shape index (κ3) is 2.16. The normalized spacial score (nSPS) is 28.6. The van der Waals surface area contributed by atoms with Crippen LogP contribution in [0.2, 0.25) is 0 Å². The lowest BCUT2D eigenvalue weighted by Crippen LogP contribution is -2.33. The van der Waals surface area contributed by atoms with Crippen LogP contribution in [0.3, 0.4) is 0 Å². The predicted octanol–water partition coefficient (Wildman–Crippen LogP) is 0.827. The smallest absolute Gasteiger partial charge is 0.254 e. The van der Waals surface area contributed by atoms with E-state index in [1.165, 1.54) is 0 Å². The third-order valence-electron chi connectivity index (χ3n) is 4.63. The highest BCUT2D eigenvalue weighted by Gasteiger charge is 2.42. The number of hydrogen-bond acceptors (Lipinski definition) is 4. The first kappa shape index (κ1) is 13.4. The van der Waals surface area contributed by atoms with Crippen molar-refractivity contribution in [1.82, 2.24) is 15.2 Å². The highest BCUT2D eigenvalue weighted by molar-refractivity contribution is 5.93. The molecule has 0 saturated carbocycles. The molecular formula is C15H22N4O. The zero-order valence-electron chi connectivity index (χ0n) is 12.3. The summed E-state index contributed by atoms with van der Waals surface area (Å²) in [6.07, 6.45) is 1.69. The number of carbonyl (C=O) groups is 1. The molecule has 0 radical (unpaired) electrons. The molecule has 3 unspecified atom stereocenters. The average Bonchev–Trinajstić information content (AvgIpc) is 3.02. The van der Waals surface area contributed by atoms with E-state index in [4.69, 9.17) is 0 Å². The molecular weight excluding hydrogens is 252 g/mol. The molecule has 5 heteroatoms. The van der Waals surface area contributed by atoms with Gasteiger partial charge in [0.05, 0.1) is 5.56 Å². The predicted molar refractivity (Wildman–Crippen MR) is 78.9 cm³/mol. The number of pyridine rings is 1. The molecule has 0 aromatic carbocycles. The standard InChI is InChI=1S/C15H22N4O/c1-10-13-8-16-6-12(13)9-19(10)14-5-4-11(7-17-14)15(20)18(2)3/h4-5,7,10,12-13,16H,6,8-9H2,1-3H3. The van der Waals surface area contributed by atoms with Crippen LogP contribution in [-0.2, 0) is 0 Å². The summed E-state index contributed by atoms with van der Waals surface area (Å²) in [7, 11) is 3.51. The van der Waals surface area contributed by atoms with Gasteiger partial charge in [0.1, 0.15) is 5.82 Å². The SMILES string of the molecule is CC1C2CNCC2CN1c1ccc(C(=O)N(C)C)cn1. The fourth-order valence-corrected chi connectivity index (χ4v) is 3.41. The minimum atomic E-state index is -0.000380. The van der Waals surface area contributed by atoms with Crippen molar-refractivity contribution >= 4 is 11.7 Å². The summed E-state index contributed by atoms with van der Waals surface area (Å²) in [5, 5.41) is 3.47. The monoisotopic (exact) mass is 274 g/mol. The Bertz CT molecular complexity index is 499. The van der Waals surface area contributed by atoms with Gasteiger partial charge in [-0.25, -0.2) is 4.98 Å². The summed E-state index contributed by atoms with van der Waals surface area (Å²) >= 11 is 0. The molecule has 3 heterocycles. The first-order chi connectivity index (χ1) is 9.58. The van der Waals surface area contributed by atoms with Gasteiger partial charge in [0, 0.05) is 46.0 Å². The Morgan fingerprint density at radius 3 is 2.80 bits per heavy atom. The molecule has 0 aliphatic carbocycles. The highest BCUT2D eigenvalue weighted by Crippen LogP contribution is 2.34. The lowest BCUT2D eigenvalue weighted by atomic mass is 9.95. The number of anilines is 1. The van der Waals surface area contributed by atoms with Gasteiger partial charge in [-0.1, -0.05) is 0 Å². The molecule has 1 aromatic rings. The Labute approximate surface area is 120 Å². The van der Waals surface area contributed by atoms with Crippen LogP contribution < -0.4 is 10.2 Å². The molecule has 3 atom stereocenters. The van der Waals surface area contributed by atoms with E-state index in [0.717, 1.165) is 37.3 Å². The summed E-state index contributed by atoms with van der Waals surface area (Å²) in [6, 6.07) is 4.36. The molecule has 0 bridgehead atoms. The number of rotatable bonds is 2. The van der Waals surface area contributed by atoms with Crippen molar-refractivity contribution < 1.29 is 4.79 Å². The average molecular weight is 274 g/mol. The molecule has 1 N–H and O–H groups in total. The van der Waals surface area contributed by atoms with Crippen LogP contribution in [0, 0.1) is 11.8 Å². The van der Waals surface area contributed by atoms with Crippen molar-refractivity contribution in [3.8, 4) is 0 Å². The van der Waals surface area contributed by atoms with Gasteiger partial charge in [-0.05, 0) is 30.9 Å². The van der Waals surface area contributed by atoms with Crippen LogP contribution in [0.4, 0.5) is 5.82 Å². The van der Waals surface area contributed by atoms with E-state index in [9.17, 15) is 4.79 Å². The van der Waals surface area contributed by atoms with Crippen LogP contribution in [0.5, 0.6) is 0 Å². The molecule has 3 rings (SSSR count). The van der Waals surface area contributed by atoms with Gasteiger partial charge < -0.3 is 15.1 Å². The topological polar surface area (TPSA) is 48.5 Å². The minimum absolute atomic E-state index is 0.000380. The molecule has 1 aromatic heterocycles. The lowest BCUT2D eigenvalue weighted by molar-refractivity contribution is 0.0827. The van der Waals surface area contributed by atoms with Crippen molar-refractivity contribution in [2.24, 2.45) is 11.8 Å². The van der Waals surface area contributed by atoms with Gasteiger partial charge in [0.25, 0.3) is 5.91 Å². The fourth-order valence-electron chi connectivity index (χ4n) is 3.41. The molecule has 5 nitrogen and oxygen atoms in total. The summed E-state index contributed by atoms with van der Waals surface area (Å²) in [5.74, 6) is 2.44. The Morgan fingerprint density at radius 1 is 1.40 bits per heavy atom. The van der Waals surface area contributed by atoms with E-state index in [1.54, 1.807) is 25.2 Å². The third-order valence-corrected chi connectivity index (χ3v) is 4.63. The zero-order chi connectivity index (χ0) is 14.3. The van der Waals surface area contributed by atoms with Gasteiger partial charge in [0.15, 0.2) is 0 Å². The van der Waals surface area contributed by atoms with Gasteiger partial charge in [0.2, 0.25) is 0 Å². The minimum Gasteiger partial charge on any atom is -0.353 e. The van der Waals surface area contributed by atoms with Gasteiger partial charge in [-0.3, -0.25) is 4.79 Å². The van der Waals surface area contributed by atoms with Crippen molar-refractivity contribution in [1.29, 1.82) is 0 Å². The molecule has 2 fully saturated rings. The van der Waals surface area contributed by atoms with Crippen LogP contribution in [0.25, 0.3) is 0 Å². The number of amides is 1. The number of nitrogens with one attached hydrogen (secondary N) is 1. The van der Waals surface area contributed by atoms with E-state index in [2.05, 4.69) is 22.1 Å². The number of aromatic nitrogens is 1. The molecule has 20 heavy (non-hydrogen) atoms. The van der Waals surface area contributed by atoms with Gasteiger partial charge in [-0.2, -0.15) is 0 Å². The van der Waals surface area contributed by atoms with Crippen molar-refractivity contribution in [3.63, 3.8) is 0 Å². The second-order valence-corrected chi connectivity index (χ2v) is 6.08. The van der Waals surface area contributed by atoms with E-state index < -0.39 is 0 Å². The van der Waals surface area contributed by atoms with Crippen LogP contribution in [-0.4, -0.2) is 55.6 Å². The zero-order valence-corrected chi connectivity index (χ0v) is 12.3. The van der Waals surface area contributed by atoms with Crippen LogP contribution in [0.1, 0.15) is 17.3 Å². The molecule has 2 aliphatic rings. The van der Waals surface area contributed by atoms with E-state index in [-0.39, 0.29) is 5.91 Å². The highest BCUT2D eigenvalue weighted by atomic mass is 16.2. The van der Waals surface area contributed by atoms with Crippen LogP contribution in [0.15, 0.2) is 18.3 Å². The Hall–Kier alpha value is -1.62. The Kier molecular flexibility index (Phi) is 3.38. The summed E-state index contributed by atoms with van der Waals surface area (Å²) < 4.78 is 0. The summed E-state index contributed by atoms with van der Waals surface area (Å²) in [4.78, 5) is 20.3. The summed E-state index contributed by atoms with van der Waals surface area (Å²) in [6.45, 7) is 5.56.